The lowest BCUT2D eigenvalue weighted by Gasteiger charge is -2.31. The van der Waals surface area contributed by atoms with Crippen molar-refractivity contribution < 1.29 is 26.3 Å². The summed E-state index contributed by atoms with van der Waals surface area (Å²) >= 11 is 0. The van der Waals surface area contributed by atoms with E-state index >= 15 is 0 Å². The number of piperidine rings is 1. The molecule has 0 bridgehead atoms. The monoisotopic (exact) mass is 401 g/mol. The fraction of sp³-hybridized carbons (Fsp3) is 0.412. The van der Waals surface area contributed by atoms with Crippen molar-refractivity contribution in [2.45, 2.75) is 30.9 Å². The second-order valence-electron chi connectivity index (χ2n) is 6.24. The van der Waals surface area contributed by atoms with Gasteiger partial charge in [-0.25, -0.2) is 18.4 Å². The number of ether oxygens (including phenoxy) is 1. The van der Waals surface area contributed by atoms with Crippen LogP contribution in [-0.2, 0) is 22.0 Å². The first-order valence-electron chi connectivity index (χ1n) is 8.31. The third kappa shape index (κ3) is 5.16. The zero-order chi connectivity index (χ0) is 19.5. The highest BCUT2D eigenvalue weighted by Gasteiger charge is 2.32. The maximum Gasteiger partial charge on any atom is 0.416 e. The molecule has 1 fully saturated rings. The van der Waals surface area contributed by atoms with Crippen LogP contribution in [0.15, 0.2) is 42.9 Å². The highest BCUT2D eigenvalue weighted by atomic mass is 32.2. The summed E-state index contributed by atoms with van der Waals surface area (Å²) in [4.78, 5) is 7.76. The number of hydrogen-bond donors (Lipinski definition) is 0. The molecule has 146 valence electrons. The molecule has 1 aliphatic heterocycles. The predicted molar refractivity (Wildman–Crippen MR) is 91.3 cm³/mol. The summed E-state index contributed by atoms with van der Waals surface area (Å²) in [6.07, 6.45) is -0.591. The first kappa shape index (κ1) is 19.6. The number of halogens is 3. The summed E-state index contributed by atoms with van der Waals surface area (Å²) in [5.74, 6) is 0.0164. The van der Waals surface area contributed by atoms with Crippen LogP contribution in [0.1, 0.15) is 24.0 Å². The number of rotatable bonds is 5. The summed E-state index contributed by atoms with van der Waals surface area (Å²) in [5.41, 5.74) is -0.498. The number of benzene rings is 1. The van der Waals surface area contributed by atoms with Gasteiger partial charge >= 0.3 is 6.18 Å². The van der Waals surface area contributed by atoms with Crippen LogP contribution in [0.25, 0.3) is 0 Å². The zero-order valence-corrected chi connectivity index (χ0v) is 15.1. The van der Waals surface area contributed by atoms with Crippen LogP contribution in [0.3, 0.4) is 0 Å². The molecular formula is C17H18F3N3O3S. The minimum absolute atomic E-state index is 0.174. The van der Waals surface area contributed by atoms with Crippen molar-refractivity contribution in [1.82, 2.24) is 14.3 Å². The second-order valence-corrected chi connectivity index (χ2v) is 8.21. The number of sulfonamides is 1. The van der Waals surface area contributed by atoms with E-state index in [4.69, 9.17) is 4.74 Å². The summed E-state index contributed by atoms with van der Waals surface area (Å²) in [6.45, 7) is 0.527. The average Bonchev–Trinajstić information content (AvgIpc) is 2.62. The molecule has 1 aliphatic rings. The molecule has 2 aromatic rings. The van der Waals surface area contributed by atoms with Crippen LogP contribution in [0.4, 0.5) is 13.2 Å². The number of aromatic nitrogens is 2. The maximum absolute atomic E-state index is 12.7. The van der Waals surface area contributed by atoms with E-state index in [0.717, 1.165) is 12.1 Å². The molecule has 0 saturated carbocycles. The molecule has 0 spiro atoms. The smallest absolute Gasteiger partial charge is 0.416 e. The minimum Gasteiger partial charge on any atom is -0.473 e. The molecule has 3 rings (SSSR count). The Bertz CT molecular complexity index is 858. The van der Waals surface area contributed by atoms with E-state index in [9.17, 15) is 21.6 Å². The predicted octanol–water partition coefficient (Wildman–Crippen LogP) is 2.87. The van der Waals surface area contributed by atoms with Gasteiger partial charge in [0.15, 0.2) is 0 Å². The van der Waals surface area contributed by atoms with E-state index in [1.54, 1.807) is 6.07 Å². The molecule has 2 heterocycles. The first-order chi connectivity index (χ1) is 12.7. The Morgan fingerprint density at radius 1 is 1.19 bits per heavy atom. The van der Waals surface area contributed by atoms with Crippen LogP contribution in [0.2, 0.25) is 0 Å². The van der Waals surface area contributed by atoms with E-state index in [1.165, 1.54) is 29.0 Å². The van der Waals surface area contributed by atoms with Gasteiger partial charge in [0, 0.05) is 18.8 Å². The van der Waals surface area contributed by atoms with Gasteiger partial charge in [0.25, 0.3) is 0 Å². The van der Waals surface area contributed by atoms with Gasteiger partial charge in [0.05, 0.1) is 17.9 Å². The van der Waals surface area contributed by atoms with Crippen molar-refractivity contribution in [3.8, 4) is 5.88 Å². The van der Waals surface area contributed by atoms with E-state index in [0.29, 0.717) is 30.8 Å². The maximum atomic E-state index is 12.7. The Labute approximate surface area is 155 Å². The summed E-state index contributed by atoms with van der Waals surface area (Å²) in [7, 11) is -3.67. The molecule has 1 saturated heterocycles. The van der Waals surface area contributed by atoms with Gasteiger partial charge in [-0.2, -0.15) is 17.5 Å². The Hall–Kier alpha value is -2.20. The van der Waals surface area contributed by atoms with Crippen LogP contribution in [0, 0.1) is 0 Å². The molecule has 6 nitrogen and oxygen atoms in total. The first-order valence-corrected chi connectivity index (χ1v) is 9.91. The third-order valence-electron chi connectivity index (χ3n) is 4.21. The van der Waals surface area contributed by atoms with Gasteiger partial charge in [-0.05, 0) is 30.5 Å². The van der Waals surface area contributed by atoms with Crippen molar-refractivity contribution in [2.75, 3.05) is 13.1 Å². The Kier molecular flexibility index (Phi) is 5.66. The molecule has 1 aromatic carbocycles. The van der Waals surface area contributed by atoms with E-state index in [-0.39, 0.29) is 18.4 Å². The van der Waals surface area contributed by atoms with Crippen molar-refractivity contribution in [3.63, 3.8) is 0 Å². The molecule has 1 atom stereocenters. The third-order valence-corrected chi connectivity index (χ3v) is 6.02. The fourth-order valence-electron chi connectivity index (χ4n) is 2.86. The Morgan fingerprint density at radius 3 is 2.56 bits per heavy atom. The van der Waals surface area contributed by atoms with E-state index in [2.05, 4.69) is 9.97 Å². The van der Waals surface area contributed by atoms with Gasteiger partial charge in [0.2, 0.25) is 15.9 Å². The van der Waals surface area contributed by atoms with Gasteiger partial charge < -0.3 is 4.74 Å². The molecule has 10 heteroatoms. The van der Waals surface area contributed by atoms with Crippen LogP contribution in [-0.4, -0.2) is 41.9 Å². The molecule has 0 N–H and O–H groups in total. The molecule has 0 aliphatic carbocycles. The topological polar surface area (TPSA) is 72.4 Å². The molecule has 1 aromatic heterocycles. The van der Waals surface area contributed by atoms with Gasteiger partial charge in [-0.1, -0.05) is 12.1 Å². The quantitative estimate of drug-likeness (QED) is 0.770. The van der Waals surface area contributed by atoms with Crippen molar-refractivity contribution in [2.24, 2.45) is 0 Å². The Morgan fingerprint density at radius 2 is 1.93 bits per heavy atom. The lowest BCUT2D eigenvalue weighted by Crippen LogP contribution is -2.44. The minimum atomic E-state index is -4.45. The molecule has 0 amide bonds. The average molecular weight is 401 g/mol. The molecule has 0 radical (unpaired) electrons. The van der Waals surface area contributed by atoms with Crippen LogP contribution >= 0.6 is 0 Å². The standard InChI is InChI=1S/C17H18F3N3O3S/c18-17(19,20)14-5-3-13(4-6-14)11-27(24,25)23-9-1-2-15(10-23)26-16-7-8-21-12-22-16/h3-8,12,15H,1-2,9-11H2. The SMILES string of the molecule is O=S(=O)(Cc1ccc(C(F)(F)F)cc1)N1CCCC(Oc2ccncn2)C1. The number of hydrogen-bond acceptors (Lipinski definition) is 5. The van der Waals surface area contributed by atoms with Crippen molar-refractivity contribution >= 4 is 10.0 Å². The van der Waals surface area contributed by atoms with E-state index in [1.807, 2.05) is 0 Å². The van der Waals surface area contributed by atoms with Crippen LogP contribution in [0.5, 0.6) is 5.88 Å². The molecule has 27 heavy (non-hydrogen) atoms. The number of alkyl halides is 3. The van der Waals surface area contributed by atoms with Crippen molar-refractivity contribution in [1.29, 1.82) is 0 Å². The lowest BCUT2D eigenvalue weighted by molar-refractivity contribution is -0.137. The van der Waals surface area contributed by atoms with E-state index < -0.39 is 21.8 Å². The fourth-order valence-corrected chi connectivity index (χ4v) is 4.46. The van der Waals surface area contributed by atoms with Gasteiger partial charge in [-0.3, -0.25) is 0 Å². The highest BCUT2D eigenvalue weighted by molar-refractivity contribution is 7.88. The normalized spacial score (nSPS) is 19.0. The second kappa shape index (κ2) is 7.81. The summed E-state index contributed by atoms with van der Waals surface area (Å²) < 4.78 is 70.2. The molecular weight excluding hydrogens is 383 g/mol. The summed E-state index contributed by atoms with van der Waals surface area (Å²) in [5, 5.41) is 0. The highest BCUT2D eigenvalue weighted by Crippen LogP contribution is 2.29. The largest absolute Gasteiger partial charge is 0.473 e. The summed E-state index contributed by atoms with van der Waals surface area (Å²) in [6, 6.07) is 5.76. The van der Waals surface area contributed by atoms with Gasteiger partial charge in [-0.15, -0.1) is 0 Å². The zero-order valence-electron chi connectivity index (χ0n) is 14.3. The van der Waals surface area contributed by atoms with Gasteiger partial charge in [0.1, 0.15) is 12.4 Å². The number of nitrogens with zero attached hydrogens (tertiary/aromatic N) is 3. The Balaban J connectivity index is 1.65. The lowest BCUT2D eigenvalue weighted by atomic mass is 10.1. The van der Waals surface area contributed by atoms with Crippen molar-refractivity contribution in [3.05, 3.63) is 54.0 Å². The molecule has 1 unspecified atom stereocenters. The van der Waals surface area contributed by atoms with Crippen LogP contribution < -0.4 is 4.74 Å².